The number of hydrogen-bond acceptors (Lipinski definition) is 3. The van der Waals surface area contributed by atoms with Crippen molar-refractivity contribution in [3.05, 3.63) is 35.9 Å². The fourth-order valence-corrected chi connectivity index (χ4v) is 1.60. The highest BCUT2D eigenvalue weighted by atomic mass is 19.3. The van der Waals surface area contributed by atoms with Crippen molar-refractivity contribution in [1.82, 2.24) is 0 Å². The average molecular weight is 253 g/mol. The first-order chi connectivity index (χ1) is 8.54. The van der Waals surface area contributed by atoms with Gasteiger partial charge in [0, 0.05) is 6.42 Å². The van der Waals surface area contributed by atoms with Crippen LogP contribution in [0.2, 0.25) is 0 Å². The smallest absolute Gasteiger partial charge is 0.377 e. The van der Waals surface area contributed by atoms with Crippen molar-refractivity contribution in [1.29, 1.82) is 5.26 Å². The third-order valence-electron chi connectivity index (χ3n) is 2.48. The van der Waals surface area contributed by atoms with Crippen LogP contribution in [0, 0.1) is 11.3 Å². The Hall–Kier alpha value is -1.96. The lowest BCUT2D eigenvalue weighted by Crippen LogP contribution is -2.37. The molecule has 3 nitrogen and oxygen atoms in total. The molecule has 1 atom stereocenters. The number of alkyl halides is 2. The first-order valence-electron chi connectivity index (χ1n) is 5.51. The van der Waals surface area contributed by atoms with Gasteiger partial charge in [0.05, 0.1) is 18.6 Å². The molecule has 0 saturated heterocycles. The van der Waals surface area contributed by atoms with Crippen molar-refractivity contribution in [2.45, 2.75) is 25.2 Å². The van der Waals surface area contributed by atoms with E-state index >= 15 is 0 Å². The van der Waals surface area contributed by atoms with Crippen molar-refractivity contribution in [2.24, 2.45) is 0 Å². The van der Waals surface area contributed by atoms with Gasteiger partial charge < -0.3 is 4.74 Å². The van der Waals surface area contributed by atoms with E-state index in [-0.39, 0.29) is 12.2 Å². The maximum atomic E-state index is 13.9. The Morgan fingerprint density at radius 2 is 2.06 bits per heavy atom. The molecule has 0 aliphatic carbocycles. The number of hydrogen-bond donors (Lipinski definition) is 0. The molecule has 5 heteroatoms. The SMILES string of the molecule is CCOC(=O)C(F)(F)C(CC#N)c1ccccc1. The van der Waals surface area contributed by atoms with Gasteiger partial charge in [0.1, 0.15) is 0 Å². The number of carbonyl (C=O) groups excluding carboxylic acids is 1. The number of nitriles is 1. The lowest BCUT2D eigenvalue weighted by molar-refractivity contribution is -0.174. The highest BCUT2D eigenvalue weighted by Crippen LogP contribution is 2.37. The fraction of sp³-hybridized carbons (Fsp3) is 0.385. The van der Waals surface area contributed by atoms with E-state index in [1.807, 2.05) is 0 Å². The molecule has 1 aromatic carbocycles. The van der Waals surface area contributed by atoms with Crippen LogP contribution in [0.1, 0.15) is 24.8 Å². The van der Waals surface area contributed by atoms with Gasteiger partial charge in [-0.1, -0.05) is 30.3 Å². The molecular formula is C13H13F2NO2. The number of benzene rings is 1. The number of nitrogens with zero attached hydrogens (tertiary/aromatic N) is 1. The molecule has 1 unspecified atom stereocenters. The van der Waals surface area contributed by atoms with Gasteiger partial charge in [-0.25, -0.2) is 4.79 Å². The summed E-state index contributed by atoms with van der Waals surface area (Å²) in [6, 6.07) is 9.46. The molecule has 96 valence electrons. The number of rotatable bonds is 5. The first kappa shape index (κ1) is 14.1. The summed E-state index contributed by atoms with van der Waals surface area (Å²) in [5, 5.41) is 8.64. The van der Waals surface area contributed by atoms with Crippen molar-refractivity contribution < 1.29 is 18.3 Å². The molecule has 0 amide bonds. The van der Waals surface area contributed by atoms with Gasteiger partial charge in [-0.05, 0) is 12.5 Å². The largest absolute Gasteiger partial charge is 0.462 e. The Bertz CT molecular complexity index is 440. The van der Waals surface area contributed by atoms with Crippen molar-refractivity contribution in [2.75, 3.05) is 6.61 Å². The third-order valence-corrected chi connectivity index (χ3v) is 2.48. The van der Waals surface area contributed by atoms with Gasteiger partial charge >= 0.3 is 11.9 Å². The summed E-state index contributed by atoms with van der Waals surface area (Å²) >= 11 is 0. The summed E-state index contributed by atoms with van der Waals surface area (Å²) in [5.41, 5.74) is 0.247. The normalized spacial score (nSPS) is 12.6. The quantitative estimate of drug-likeness (QED) is 0.758. The van der Waals surface area contributed by atoms with Gasteiger partial charge in [0.25, 0.3) is 0 Å². The van der Waals surface area contributed by atoms with E-state index in [4.69, 9.17) is 5.26 Å². The number of ether oxygens (including phenoxy) is 1. The standard InChI is InChI=1S/C13H13F2NO2/c1-2-18-12(17)13(14,15)11(8-9-16)10-6-4-3-5-7-10/h3-7,11H,2,8H2,1H3. The average Bonchev–Trinajstić information content (AvgIpc) is 2.37. The number of carbonyl (C=O) groups is 1. The van der Waals surface area contributed by atoms with Crippen LogP contribution >= 0.6 is 0 Å². The molecule has 1 rings (SSSR count). The minimum Gasteiger partial charge on any atom is -0.462 e. The second kappa shape index (κ2) is 6.10. The molecule has 0 heterocycles. The molecule has 0 aromatic heterocycles. The lowest BCUT2D eigenvalue weighted by Gasteiger charge is -2.23. The van der Waals surface area contributed by atoms with E-state index in [0.29, 0.717) is 0 Å². The zero-order valence-corrected chi connectivity index (χ0v) is 9.90. The molecule has 0 spiro atoms. The van der Waals surface area contributed by atoms with Crippen LogP contribution in [-0.4, -0.2) is 18.5 Å². The van der Waals surface area contributed by atoms with Crippen LogP contribution in [0.5, 0.6) is 0 Å². The van der Waals surface area contributed by atoms with Crippen LogP contribution in [0.25, 0.3) is 0 Å². The van der Waals surface area contributed by atoms with Crippen LogP contribution in [0.4, 0.5) is 8.78 Å². The maximum Gasteiger partial charge on any atom is 0.377 e. The third kappa shape index (κ3) is 3.04. The molecule has 0 aliphatic rings. The van der Waals surface area contributed by atoms with Crippen molar-refractivity contribution >= 4 is 5.97 Å². The maximum absolute atomic E-state index is 13.9. The zero-order valence-electron chi connectivity index (χ0n) is 9.90. The minimum atomic E-state index is -3.70. The van der Waals surface area contributed by atoms with E-state index in [9.17, 15) is 13.6 Å². The van der Waals surface area contributed by atoms with E-state index in [1.54, 1.807) is 24.3 Å². The molecule has 1 aromatic rings. The van der Waals surface area contributed by atoms with Crippen LogP contribution in [-0.2, 0) is 9.53 Å². The van der Waals surface area contributed by atoms with Crippen LogP contribution in [0.15, 0.2) is 30.3 Å². The topological polar surface area (TPSA) is 50.1 Å². The predicted octanol–water partition coefficient (Wildman–Crippen LogP) is 2.88. The molecule has 0 bridgehead atoms. The van der Waals surface area contributed by atoms with E-state index in [2.05, 4.69) is 4.74 Å². The summed E-state index contributed by atoms with van der Waals surface area (Å²) in [5.74, 6) is -6.77. The molecule has 0 N–H and O–H groups in total. The van der Waals surface area contributed by atoms with Gasteiger partial charge in [-0.2, -0.15) is 14.0 Å². The number of halogens is 2. The second-order valence-electron chi connectivity index (χ2n) is 3.67. The highest BCUT2D eigenvalue weighted by molar-refractivity contribution is 5.79. The van der Waals surface area contributed by atoms with Gasteiger partial charge in [-0.15, -0.1) is 0 Å². The van der Waals surface area contributed by atoms with E-state index in [1.165, 1.54) is 19.1 Å². The van der Waals surface area contributed by atoms with Gasteiger partial charge in [-0.3, -0.25) is 0 Å². The fourth-order valence-electron chi connectivity index (χ4n) is 1.60. The van der Waals surface area contributed by atoms with Gasteiger partial charge in [0.2, 0.25) is 0 Å². The van der Waals surface area contributed by atoms with Crippen molar-refractivity contribution in [3.63, 3.8) is 0 Å². The van der Waals surface area contributed by atoms with Crippen LogP contribution < -0.4 is 0 Å². The molecule has 18 heavy (non-hydrogen) atoms. The lowest BCUT2D eigenvalue weighted by atomic mass is 9.90. The summed E-state index contributed by atoms with van der Waals surface area (Å²) in [4.78, 5) is 11.3. The second-order valence-corrected chi connectivity index (χ2v) is 3.67. The first-order valence-corrected chi connectivity index (χ1v) is 5.51. The van der Waals surface area contributed by atoms with Gasteiger partial charge in [0.15, 0.2) is 0 Å². The Morgan fingerprint density at radius 3 is 2.56 bits per heavy atom. The Morgan fingerprint density at radius 1 is 1.44 bits per heavy atom. The van der Waals surface area contributed by atoms with E-state index in [0.717, 1.165) is 0 Å². The highest BCUT2D eigenvalue weighted by Gasteiger charge is 2.49. The summed E-state index contributed by atoms with van der Waals surface area (Å²) in [7, 11) is 0. The Kier molecular flexibility index (Phi) is 4.78. The summed E-state index contributed by atoms with van der Waals surface area (Å²) in [6.45, 7) is 1.33. The Balaban J connectivity index is 3.05. The van der Waals surface area contributed by atoms with Crippen LogP contribution in [0.3, 0.4) is 0 Å². The molecule has 0 saturated carbocycles. The van der Waals surface area contributed by atoms with E-state index < -0.39 is 24.2 Å². The minimum absolute atomic E-state index is 0.123. The summed E-state index contributed by atoms with van der Waals surface area (Å²) < 4.78 is 32.2. The summed E-state index contributed by atoms with van der Waals surface area (Å²) in [6.07, 6.45) is -0.449. The monoisotopic (exact) mass is 253 g/mol. The number of esters is 1. The molecular weight excluding hydrogens is 240 g/mol. The molecule has 0 radical (unpaired) electrons. The zero-order chi connectivity index (χ0) is 13.6. The Labute approximate surface area is 104 Å². The molecule has 0 aliphatic heterocycles. The van der Waals surface area contributed by atoms with Crippen molar-refractivity contribution in [3.8, 4) is 6.07 Å². The predicted molar refractivity (Wildman–Crippen MR) is 61.0 cm³/mol. The molecule has 0 fully saturated rings.